The summed E-state index contributed by atoms with van der Waals surface area (Å²) in [6.07, 6.45) is 0. The Bertz CT molecular complexity index is 886. The number of hydrogen-bond donors (Lipinski definition) is 0. The van der Waals surface area contributed by atoms with E-state index in [1.54, 1.807) is 18.9 Å². The Morgan fingerprint density at radius 2 is 1.96 bits per heavy atom. The first-order chi connectivity index (χ1) is 12.5. The number of aromatic nitrogens is 4. The number of thioether (sulfide) groups is 1. The van der Waals surface area contributed by atoms with Gasteiger partial charge in [-0.05, 0) is 31.9 Å². The fourth-order valence-electron chi connectivity index (χ4n) is 2.69. The molecule has 0 N–H and O–H groups in total. The van der Waals surface area contributed by atoms with Crippen LogP contribution in [0.5, 0.6) is 5.75 Å². The van der Waals surface area contributed by atoms with Gasteiger partial charge in [-0.1, -0.05) is 42.9 Å². The third-order valence-corrected chi connectivity index (χ3v) is 5.07. The molecule has 2 heterocycles. The van der Waals surface area contributed by atoms with E-state index in [1.165, 1.54) is 5.69 Å². The molecule has 0 aliphatic heterocycles. The number of aryl methyl sites for hydroxylation is 1. The largest absolute Gasteiger partial charge is 0.496 e. The zero-order valence-electron chi connectivity index (χ0n) is 15.8. The van der Waals surface area contributed by atoms with Crippen LogP contribution in [0.2, 0.25) is 0 Å². The predicted octanol–water partition coefficient (Wildman–Crippen LogP) is 4.51. The summed E-state index contributed by atoms with van der Waals surface area (Å²) in [6.45, 7) is 9.52. The van der Waals surface area contributed by atoms with Crippen molar-refractivity contribution in [3.63, 3.8) is 0 Å². The van der Waals surface area contributed by atoms with Crippen molar-refractivity contribution in [1.29, 1.82) is 0 Å². The Hall–Kier alpha value is -2.28. The van der Waals surface area contributed by atoms with Crippen LogP contribution < -0.4 is 4.74 Å². The highest BCUT2D eigenvalue weighted by atomic mass is 32.2. The summed E-state index contributed by atoms with van der Waals surface area (Å²) in [4.78, 5) is 9.20. The summed E-state index contributed by atoms with van der Waals surface area (Å²) in [5.41, 5.74) is 3.10. The quantitative estimate of drug-likeness (QED) is 0.569. The monoisotopic (exact) mass is 372 g/mol. The third-order valence-electron chi connectivity index (χ3n) is 4.11. The van der Waals surface area contributed by atoms with Crippen LogP contribution in [-0.4, -0.2) is 26.8 Å². The maximum Gasteiger partial charge on any atom is 0.237 e. The molecule has 0 saturated heterocycles. The van der Waals surface area contributed by atoms with Crippen LogP contribution in [0.15, 0.2) is 33.9 Å². The fourth-order valence-corrected chi connectivity index (χ4v) is 3.63. The van der Waals surface area contributed by atoms with Crippen molar-refractivity contribution in [3.05, 3.63) is 41.5 Å². The van der Waals surface area contributed by atoms with E-state index in [-0.39, 0.29) is 0 Å². The molecule has 3 rings (SSSR count). The minimum Gasteiger partial charge on any atom is -0.496 e. The Labute approximate surface area is 158 Å². The van der Waals surface area contributed by atoms with Gasteiger partial charge in [0.15, 0.2) is 5.16 Å². The van der Waals surface area contributed by atoms with Crippen LogP contribution in [0, 0.1) is 19.8 Å². The van der Waals surface area contributed by atoms with E-state index in [0.717, 1.165) is 28.7 Å². The highest BCUT2D eigenvalue weighted by Gasteiger charge is 2.16. The Morgan fingerprint density at radius 3 is 2.69 bits per heavy atom. The summed E-state index contributed by atoms with van der Waals surface area (Å²) in [6, 6.07) is 7.65. The van der Waals surface area contributed by atoms with E-state index in [2.05, 4.69) is 40.5 Å². The maximum atomic E-state index is 5.42. The molecule has 0 fully saturated rings. The first-order valence-corrected chi connectivity index (χ1v) is 9.60. The molecule has 0 aliphatic carbocycles. The smallest absolute Gasteiger partial charge is 0.237 e. The lowest BCUT2D eigenvalue weighted by Crippen LogP contribution is -2.07. The van der Waals surface area contributed by atoms with Gasteiger partial charge in [0.25, 0.3) is 0 Å². The number of methoxy groups -OCH3 is 1. The average Bonchev–Trinajstić information content (AvgIpc) is 3.20. The third kappa shape index (κ3) is 3.93. The lowest BCUT2D eigenvalue weighted by Gasteiger charge is -2.11. The Balaban J connectivity index is 1.76. The van der Waals surface area contributed by atoms with Crippen LogP contribution in [0.4, 0.5) is 0 Å². The SMILES string of the molecule is COc1ccccc1-c1noc(CSc2nc(C)c(C)n2CC(C)C)n1. The molecule has 0 spiro atoms. The molecule has 0 unspecified atom stereocenters. The van der Waals surface area contributed by atoms with Gasteiger partial charge in [-0.15, -0.1) is 0 Å². The second-order valence-corrected chi connectivity index (χ2v) is 7.51. The van der Waals surface area contributed by atoms with Gasteiger partial charge in [0.1, 0.15) is 5.75 Å². The molecule has 0 radical (unpaired) electrons. The molecular weight excluding hydrogens is 348 g/mol. The lowest BCUT2D eigenvalue weighted by atomic mass is 10.2. The van der Waals surface area contributed by atoms with Gasteiger partial charge < -0.3 is 13.8 Å². The minimum atomic E-state index is 0.538. The van der Waals surface area contributed by atoms with Gasteiger partial charge in [-0.2, -0.15) is 4.98 Å². The van der Waals surface area contributed by atoms with Crippen molar-refractivity contribution in [2.24, 2.45) is 5.92 Å². The highest BCUT2D eigenvalue weighted by Crippen LogP contribution is 2.29. The van der Waals surface area contributed by atoms with Gasteiger partial charge in [-0.25, -0.2) is 4.98 Å². The molecule has 6 nitrogen and oxygen atoms in total. The van der Waals surface area contributed by atoms with Crippen LogP contribution in [0.1, 0.15) is 31.1 Å². The van der Waals surface area contributed by atoms with Gasteiger partial charge in [0, 0.05) is 12.2 Å². The highest BCUT2D eigenvalue weighted by molar-refractivity contribution is 7.98. The van der Waals surface area contributed by atoms with Crippen molar-refractivity contribution in [2.45, 2.75) is 45.1 Å². The number of benzene rings is 1. The lowest BCUT2D eigenvalue weighted by molar-refractivity contribution is 0.390. The van der Waals surface area contributed by atoms with E-state index in [4.69, 9.17) is 9.26 Å². The second-order valence-electron chi connectivity index (χ2n) is 6.57. The number of hydrogen-bond acceptors (Lipinski definition) is 6. The molecule has 2 aromatic heterocycles. The molecule has 7 heteroatoms. The minimum absolute atomic E-state index is 0.538. The van der Waals surface area contributed by atoms with Gasteiger partial charge >= 0.3 is 0 Å². The number of imidazole rings is 1. The Kier molecular flexibility index (Phi) is 5.66. The van der Waals surface area contributed by atoms with E-state index < -0.39 is 0 Å². The van der Waals surface area contributed by atoms with Gasteiger partial charge in [-0.3, -0.25) is 0 Å². The number of nitrogens with zero attached hydrogens (tertiary/aromatic N) is 4. The summed E-state index contributed by atoms with van der Waals surface area (Å²) < 4.78 is 13.1. The van der Waals surface area contributed by atoms with Crippen molar-refractivity contribution >= 4 is 11.8 Å². The molecule has 0 bridgehead atoms. The summed E-state index contributed by atoms with van der Waals surface area (Å²) in [7, 11) is 1.63. The summed E-state index contributed by atoms with van der Waals surface area (Å²) in [5, 5.41) is 5.09. The van der Waals surface area contributed by atoms with Crippen LogP contribution in [0.3, 0.4) is 0 Å². The van der Waals surface area contributed by atoms with Gasteiger partial charge in [0.2, 0.25) is 11.7 Å². The van der Waals surface area contributed by atoms with E-state index in [1.807, 2.05) is 31.2 Å². The number of para-hydroxylation sites is 1. The number of ether oxygens (including phenoxy) is 1. The molecular formula is C19H24N4O2S. The molecule has 0 aliphatic rings. The first kappa shape index (κ1) is 18.5. The standard InChI is InChI=1S/C19H24N4O2S/c1-12(2)10-23-14(4)13(3)20-19(23)26-11-17-21-18(22-25-17)15-8-6-7-9-16(15)24-5/h6-9,12H,10-11H2,1-5H3. The summed E-state index contributed by atoms with van der Waals surface area (Å²) >= 11 is 1.62. The summed E-state index contributed by atoms with van der Waals surface area (Å²) in [5.74, 6) is 2.98. The van der Waals surface area contributed by atoms with Gasteiger partial charge in [0.05, 0.1) is 24.1 Å². The zero-order chi connectivity index (χ0) is 18.7. The van der Waals surface area contributed by atoms with E-state index in [9.17, 15) is 0 Å². The van der Waals surface area contributed by atoms with Crippen molar-refractivity contribution in [2.75, 3.05) is 7.11 Å². The van der Waals surface area contributed by atoms with Crippen molar-refractivity contribution in [1.82, 2.24) is 19.7 Å². The molecule has 0 atom stereocenters. The van der Waals surface area contributed by atoms with Crippen LogP contribution in [0.25, 0.3) is 11.4 Å². The van der Waals surface area contributed by atoms with Crippen molar-refractivity contribution < 1.29 is 9.26 Å². The number of rotatable bonds is 7. The van der Waals surface area contributed by atoms with Crippen molar-refractivity contribution in [3.8, 4) is 17.1 Å². The van der Waals surface area contributed by atoms with Crippen LogP contribution >= 0.6 is 11.8 Å². The molecule has 0 amide bonds. The topological polar surface area (TPSA) is 66.0 Å². The van der Waals surface area contributed by atoms with Crippen LogP contribution in [-0.2, 0) is 12.3 Å². The predicted molar refractivity (Wildman–Crippen MR) is 102 cm³/mol. The first-order valence-electron chi connectivity index (χ1n) is 8.62. The average molecular weight is 372 g/mol. The fraction of sp³-hybridized carbons (Fsp3) is 0.421. The molecule has 3 aromatic rings. The normalized spacial score (nSPS) is 11.3. The Morgan fingerprint density at radius 1 is 1.19 bits per heavy atom. The molecule has 138 valence electrons. The second kappa shape index (κ2) is 7.95. The molecule has 0 saturated carbocycles. The molecule has 1 aromatic carbocycles. The van der Waals surface area contributed by atoms with E-state index >= 15 is 0 Å². The maximum absolute atomic E-state index is 5.42. The van der Waals surface area contributed by atoms with E-state index in [0.29, 0.717) is 23.4 Å². The molecule has 26 heavy (non-hydrogen) atoms. The zero-order valence-corrected chi connectivity index (χ0v) is 16.6.